The number of rotatable bonds is 46. The summed E-state index contributed by atoms with van der Waals surface area (Å²) in [5.41, 5.74) is 0. The maximum absolute atomic E-state index is 13.2. The molecule has 0 aromatic heterocycles. The van der Waals surface area contributed by atoms with Crippen molar-refractivity contribution in [3.05, 3.63) is 60.8 Å². The van der Waals surface area contributed by atoms with Gasteiger partial charge in [-0.05, 0) is 70.6 Å². The molecule has 0 saturated carbocycles. The lowest BCUT2D eigenvalue weighted by atomic mass is 10.0. The highest BCUT2D eigenvalue weighted by atomic mass is 16.5. The van der Waals surface area contributed by atoms with Crippen LogP contribution in [0.25, 0.3) is 0 Å². The standard InChI is InChI=1S/C55H99NO5/c1-4-7-10-13-16-19-22-25-27-29-31-34-37-40-43-46-51(61-55(60)48-45-42-39-36-33-28-24-21-18-15-12-9-6-3)49-54(59)56-52(50-57)53(58)47-44-41-38-35-32-30-26-23-20-17-14-11-8-5-2/h16,19,25,27-28,31,33-34,40,43,51-53,57-58H,4-15,17-18,20-24,26,29-30,32,35-39,41-42,44-50H2,1-3H3,(H,56,59)/b19-16-,27-25-,33-28-,34-31-,43-40-. The van der Waals surface area contributed by atoms with Gasteiger partial charge in [0.05, 0.1) is 25.2 Å². The first-order chi connectivity index (χ1) is 30.0. The molecule has 3 atom stereocenters. The molecule has 1 amide bonds. The Balaban J connectivity index is 4.72. The number of hydrogen-bond donors (Lipinski definition) is 3. The lowest BCUT2D eigenvalue weighted by Crippen LogP contribution is -2.46. The summed E-state index contributed by atoms with van der Waals surface area (Å²) < 4.78 is 5.86. The van der Waals surface area contributed by atoms with Crippen LogP contribution in [0.4, 0.5) is 0 Å². The van der Waals surface area contributed by atoms with Gasteiger partial charge in [-0.15, -0.1) is 0 Å². The lowest BCUT2D eigenvalue weighted by molar-refractivity contribution is -0.150. The molecule has 0 aliphatic heterocycles. The fourth-order valence-corrected chi connectivity index (χ4v) is 7.58. The maximum atomic E-state index is 13.2. The van der Waals surface area contributed by atoms with Crippen LogP contribution in [0.5, 0.6) is 0 Å². The number of allylic oxidation sites excluding steroid dienone is 9. The maximum Gasteiger partial charge on any atom is 0.306 e. The average Bonchev–Trinajstić information content (AvgIpc) is 3.25. The molecule has 0 fully saturated rings. The summed E-state index contributed by atoms with van der Waals surface area (Å²) in [4.78, 5) is 26.1. The van der Waals surface area contributed by atoms with E-state index in [0.29, 0.717) is 19.3 Å². The van der Waals surface area contributed by atoms with E-state index >= 15 is 0 Å². The molecule has 0 saturated heterocycles. The third-order valence-electron chi connectivity index (χ3n) is 11.6. The summed E-state index contributed by atoms with van der Waals surface area (Å²) in [5, 5.41) is 23.7. The largest absolute Gasteiger partial charge is 0.461 e. The van der Waals surface area contributed by atoms with Crippen molar-refractivity contribution in [1.82, 2.24) is 5.32 Å². The number of unbranched alkanes of at least 4 members (excludes halogenated alkanes) is 25. The smallest absolute Gasteiger partial charge is 0.306 e. The zero-order valence-electron chi connectivity index (χ0n) is 40.3. The Bertz CT molecular complexity index is 1090. The Morgan fingerprint density at radius 1 is 0.492 bits per heavy atom. The van der Waals surface area contributed by atoms with Crippen molar-refractivity contribution in [1.29, 1.82) is 0 Å². The summed E-state index contributed by atoms with van der Waals surface area (Å²) in [6, 6.07) is -0.734. The van der Waals surface area contributed by atoms with Gasteiger partial charge in [0.2, 0.25) is 5.91 Å². The second kappa shape index (κ2) is 48.6. The van der Waals surface area contributed by atoms with Gasteiger partial charge in [-0.1, -0.05) is 223 Å². The molecule has 6 nitrogen and oxygen atoms in total. The zero-order valence-corrected chi connectivity index (χ0v) is 40.3. The van der Waals surface area contributed by atoms with Crippen molar-refractivity contribution in [2.75, 3.05) is 6.61 Å². The van der Waals surface area contributed by atoms with Crippen LogP contribution < -0.4 is 5.32 Å². The number of carbonyl (C=O) groups is 2. The van der Waals surface area contributed by atoms with Crippen LogP contribution in [0, 0.1) is 0 Å². The number of nitrogens with one attached hydrogen (secondary N) is 1. The second-order valence-corrected chi connectivity index (χ2v) is 17.6. The van der Waals surface area contributed by atoms with E-state index in [1.54, 1.807) is 0 Å². The van der Waals surface area contributed by atoms with Gasteiger partial charge in [-0.3, -0.25) is 9.59 Å². The fraction of sp³-hybridized carbons (Fsp3) is 0.782. The van der Waals surface area contributed by atoms with Crippen LogP contribution >= 0.6 is 0 Å². The van der Waals surface area contributed by atoms with E-state index in [0.717, 1.165) is 70.6 Å². The molecule has 0 radical (unpaired) electrons. The third kappa shape index (κ3) is 44.0. The first kappa shape index (κ1) is 58.6. The lowest BCUT2D eigenvalue weighted by Gasteiger charge is -2.24. The topological polar surface area (TPSA) is 95.9 Å². The zero-order chi connectivity index (χ0) is 44.5. The minimum Gasteiger partial charge on any atom is -0.461 e. The highest BCUT2D eigenvalue weighted by Gasteiger charge is 2.23. The Morgan fingerprint density at radius 2 is 0.869 bits per heavy atom. The molecule has 0 heterocycles. The molecule has 0 aliphatic rings. The predicted octanol–water partition coefficient (Wildman–Crippen LogP) is 15.6. The number of carbonyl (C=O) groups excluding carboxylic acids is 2. The molecule has 0 aliphatic carbocycles. The molecule has 0 spiro atoms. The molecule has 61 heavy (non-hydrogen) atoms. The van der Waals surface area contributed by atoms with E-state index in [2.05, 4.69) is 80.8 Å². The van der Waals surface area contributed by atoms with Gasteiger partial charge in [0.1, 0.15) is 6.10 Å². The molecule has 3 unspecified atom stereocenters. The minimum absolute atomic E-state index is 0.00472. The highest BCUT2D eigenvalue weighted by Crippen LogP contribution is 2.16. The van der Waals surface area contributed by atoms with Crippen molar-refractivity contribution in [3.8, 4) is 0 Å². The number of ether oxygens (including phenoxy) is 1. The Morgan fingerprint density at radius 3 is 1.36 bits per heavy atom. The van der Waals surface area contributed by atoms with E-state index < -0.39 is 18.2 Å². The molecular weight excluding hydrogens is 755 g/mol. The number of amides is 1. The van der Waals surface area contributed by atoms with Crippen LogP contribution in [0.15, 0.2) is 60.8 Å². The SMILES string of the molecule is CCCCC/C=C\C/C=C\C/C=C\C/C=C\CC(CC(=O)NC(CO)C(O)CCCCCCCCCCCCCCCC)OC(=O)CCCCC/C=C\CCCCCCCC. The summed E-state index contributed by atoms with van der Waals surface area (Å²) in [6.45, 7) is 6.42. The van der Waals surface area contributed by atoms with Crippen molar-refractivity contribution >= 4 is 11.9 Å². The molecule has 6 heteroatoms. The van der Waals surface area contributed by atoms with Crippen molar-refractivity contribution < 1.29 is 24.5 Å². The first-order valence-corrected chi connectivity index (χ1v) is 26.0. The van der Waals surface area contributed by atoms with E-state index in [1.165, 1.54) is 135 Å². The molecule has 0 aromatic rings. The van der Waals surface area contributed by atoms with Crippen LogP contribution in [-0.2, 0) is 14.3 Å². The fourth-order valence-electron chi connectivity index (χ4n) is 7.58. The van der Waals surface area contributed by atoms with Gasteiger partial charge < -0.3 is 20.3 Å². The monoisotopic (exact) mass is 854 g/mol. The second-order valence-electron chi connectivity index (χ2n) is 17.6. The normalized spacial score (nSPS) is 13.7. The van der Waals surface area contributed by atoms with Crippen LogP contribution in [0.2, 0.25) is 0 Å². The van der Waals surface area contributed by atoms with E-state index in [4.69, 9.17) is 4.74 Å². The van der Waals surface area contributed by atoms with E-state index in [9.17, 15) is 19.8 Å². The van der Waals surface area contributed by atoms with Gasteiger partial charge in [-0.2, -0.15) is 0 Å². The molecule has 3 N–H and O–H groups in total. The van der Waals surface area contributed by atoms with Gasteiger partial charge in [0.15, 0.2) is 0 Å². The molecule has 0 aromatic carbocycles. The van der Waals surface area contributed by atoms with Gasteiger partial charge in [0.25, 0.3) is 0 Å². The Labute approximate surface area is 378 Å². The van der Waals surface area contributed by atoms with Crippen molar-refractivity contribution in [2.24, 2.45) is 0 Å². The van der Waals surface area contributed by atoms with Crippen LogP contribution in [-0.4, -0.2) is 46.9 Å². The highest BCUT2D eigenvalue weighted by molar-refractivity contribution is 5.77. The van der Waals surface area contributed by atoms with Gasteiger partial charge in [0, 0.05) is 12.8 Å². The Kier molecular flexibility index (Phi) is 46.6. The van der Waals surface area contributed by atoms with E-state index in [-0.39, 0.29) is 24.9 Å². The van der Waals surface area contributed by atoms with Crippen molar-refractivity contribution in [3.63, 3.8) is 0 Å². The number of esters is 1. The molecule has 0 rings (SSSR count). The summed E-state index contributed by atoms with van der Waals surface area (Å²) in [7, 11) is 0. The molecule has 354 valence electrons. The van der Waals surface area contributed by atoms with E-state index in [1.807, 2.05) is 6.08 Å². The Hall–Kier alpha value is -2.44. The molecule has 0 bridgehead atoms. The van der Waals surface area contributed by atoms with Crippen LogP contribution in [0.3, 0.4) is 0 Å². The average molecular weight is 854 g/mol. The third-order valence-corrected chi connectivity index (χ3v) is 11.6. The molecular formula is C55H99NO5. The van der Waals surface area contributed by atoms with Crippen LogP contribution in [0.1, 0.15) is 252 Å². The first-order valence-electron chi connectivity index (χ1n) is 26.0. The summed E-state index contributed by atoms with van der Waals surface area (Å²) in [5.74, 6) is -0.593. The quantitative estimate of drug-likeness (QED) is 0.0322. The van der Waals surface area contributed by atoms with Crippen molar-refractivity contribution in [2.45, 2.75) is 270 Å². The predicted molar refractivity (Wildman–Crippen MR) is 264 cm³/mol. The summed E-state index contributed by atoms with van der Waals surface area (Å²) in [6.07, 6.45) is 60.1. The van der Waals surface area contributed by atoms with Gasteiger partial charge >= 0.3 is 5.97 Å². The number of hydrogen-bond acceptors (Lipinski definition) is 5. The minimum atomic E-state index is -0.814. The van der Waals surface area contributed by atoms with Gasteiger partial charge in [-0.25, -0.2) is 0 Å². The number of aliphatic hydroxyl groups excluding tert-OH is 2. The summed E-state index contributed by atoms with van der Waals surface area (Å²) >= 11 is 0. The number of aliphatic hydroxyl groups is 2.